The van der Waals surface area contributed by atoms with E-state index in [2.05, 4.69) is 4.98 Å². The van der Waals surface area contributed by atoms with Gasteiger partial charge in [0.1, 0.15) is 4.83 Å². The molecule has 0 bridgehead atoms. The largest absolute Gasteiger partial charge is 0.465 e. The number of fused-ring (bicyclic) bond motifs is 1. The third-order valence-electron chi connectivity index (χ3n) is 3.25. The fourth-order valence-electron chi connectivity index (χ4n) is 2.23. The number of aromatic nitrogens is 2. The summed E-state index contributed by atoms with van der Waals surface area (Å²) in [5.41, 5.74) is -0.669. The van der Waals surface area contributed by atoms with Crippen molar-refractivity contribution in [3.05, 3.63) is 31.3 Å². The van der Waals surface area contributed by atoms with Crippen LogP contribution in [-0.2, 0) is 4.74 Å². The van der Waals surface area contributed by atoms with Crippen LogP contribution in [0.15, 0.2) is 9.59 Å². The molecule has 0 amide bonds. The number of methoxy groups -OCH3 is 1. The molecule has 2 aromatic rings. The van der Waals surface area contributed by atoms with Gasteiger partial charge in [-0.2, -0.15) is 0 Å². The van der Waals surface area contributed by atoms with Gasteiger partial charge in [0.05, 0.1) is 18.1 Å². The number of carbonyl (C=O) groups is 1. The minimum absolute atomic E-state index is 0.135. The first-order valence-electron chi connectivity index (χ1n) is 5.90. The first kappa shape index (κ1) is 12.2. The number of esters is 1. The summed E-state index contributed by atoms with van der Waals surface area (Å²) in [6.07, 6.45) is 1.84. The van der Waals surface area contributed by atoms with Crippen LogP contribution in [0.25, 0.3) is 10.2 Å². The number of thiophene rings is 1. The standard InChI is InChI=1S/C12H12N2O4S/c1-5-7(11(16)18-2)8-9(15)13-12(17)14(6-3-4-6)10(8)19-5/h6H,3-4H2,1-2H3,(H,13,15,17). The fraction of sp³-hybridized carbons (Fsp3) is 0.417. The van der Waals surface area contributed by atoms with Gasteiger partial charge in [-0.05, 0) is 19.8 Å². The van der Waals surface area contributed by atoms with Gasteiger partial charge < -0.3 is 4.74 Å². The maximum Gasteiger partial charge on any atom is 0.339 e. The smallest absolute Gasteiger partial charge is 0.339 e. The summed E-state index contributed by atoms with van der Waals surface area (Å²) in [6, 6.07) is 0.135. The van der Waals surface area contributed by atoms with Gasteiger partial charge in [-0.15, -0.1) is 11.3 Å². The van der Waals surface area contributed by atoms with Crippen molar-refractivity contribution in [1.29, 1.82) is 0 Å². The monoisotopic (exact) mass is 280 g/mol. The molecule has 0 atom stereocenters. The van der Waals surface area contributed by atoms with E-state index in [4.69, 9.17) is 4.74 Å². The van der Waals surface area contributed by atoms with Crippen LogP contribution in [-0.4, -0.2) is 22.6 Å². The maximum atomic E-state index is 12.0. The number of H-pyrrole nitrogens is 1. The zero-order valence-corrected chi connectivity index (χ0v) is 11.3. The highest BCUT2D eigenvalue weighted by Gasteiger charge is 2.30. The van der Waals surface area contributed by atoms with E-state index in [1.165, 1.54) is 18.4 Å². The van der Waals surface area contributed by atoms with E-state index in [0.29, 0.717) is 9.71 Å². The van der Waals surface area contributed by atoms with E-state index in [-0.39, 0.29) is 17.0 Å². The van der Waals surface area contributed by atoms with Crippen molar-refractivity contribution in [2.45, 2.75) is 25.8 Å². The van der Waals surface area contributed by atoms with E-state index >= 15 is 0 Å². The first-order valence-corrected chi connectivity index (χ1v) is 6.72. The van der Waals surface area contributed by atoms with E-state index in [9.17, 15) is 14.4 Å². The Kier molecular flexibility index (Phi) is 2.60. The molecule has 0 unspecified atom stereocenters. The summed E-state index contributed by atoms with van der Waals surface area (Å²) in [5, 5.41) is 0.265. The van der Waals surface area contributed by atoms with Crippen LogP contribution in [0.4, 0.5) is 0 Å². The highest BCUT2D eigenvalue weighted by Crippen LogP contribution is 2.38. The minimum atomic E-state index is -0.546. The van der Waals surface area contributed by atoms with Gasteiger partial charge in [0.25, 0.3) is 5.56 Å². The second kappa shape index (κ2) is 4.06. The van der Waals surface area contributed by atoms with Gasteiger partial charge in [-0.3, -0.25) is 14.3 Å². The van der Waals surface area contributed by atoms with E-state index < -0.39 is 17.2 Å². The number of hydrogen-bond acceptors (Lipinski definition) is 5. The third-order valence-corrected chi connectivity index (χ3v) is 4.36. The summed E-state index contributed by atoms with van der Waals surface area (Å²) in [7, 11) is 1.27. The van der Waals surface area contributed by atoms with Crippen molar-refractivity contribution in [3.8, 4) is 0 Å². The zero-order chi connectivity index (χ0) is 13.7. The molecule has 1 saturated carbocycles. The Morgan fingerprint density at radius 3 is 2.68 bits per heavy atom. The van der Waals surface area contributed by atoms with Crippen molar-refractivity contribution < 1.29 is 9.53 Å². The number of rotatable bonds is 2. The average molecular weight is 280 g/mol. The fourth-order valence-corrected chi connectivity index (χ4v) is 3.44. The van der Waals surface area contributed by atoms with Gasteiger partial charge in [0, 0.05) is 10.9 Å². The molecule has 1 fully saturated rings. The van der Waals surface area contributed by atoms with Gasteiger partial charge >= 0.3 is 11.7 Å². The van der Waals surface area contributed by atoms with Gasteiger partial charge in [0.15, 0.2) is 0 Å². The van der Waals surface area contributed by atoms with Crippen LogP contribution in [0, 0.1) is 6.92 Å². The molecule has 0 aromatic carbocycles. The molecule has 0 saturated heterocycles. The van der Waals surface area contributed by atoms with Crippen molar-refractivity contribution in [3.63, 3.8) is 0 Å². The van der Waals surface area contributed by atoms with Crippen LogP contribution < -0.4 is 11.2 Å². The lowest BCUT2D eigenvalue weighted by molar-refractivity contribution is 0.0602. The summed E-state index contributed by atoms with van der Waals surface area (Å²) in [4.78, 5) is 39.2. The Labute approximate surface area is 111 Å². The number of carbonyl (C=O) groups excluding carboxylic acids is 1. The first-order chi connectivity index (χ1) is 9.04. The molecule has 6 nitrogen and oxygen atoms in total. The van der Waals surface area contributed by atoms with Crippen molar-refractivity contribution in [2.75, 3.05) is 7.11 Å². The Balaban J connectivity index is 2.45. The second-order valence-electron chi connectivity index (χ2n) is 4.57. The molecule has 2 heterocycles. The van der Waals surface area contributed by atoms with Gasteiger partial charge in [-0.1, -0.05) is 0 Å². The Morgan fingerprint density at radius 1 is 1.42 bits per heavy atom. The summed E-state index contributed by atoms with van der Waals surface area (Å²) < 4.78 is 6.30. The molecule has 0 aliphatic heterocycles. The molecule has 0 spiro atoms. The topological polar surface area (TPSA) is 81.2 Å². The summed E-state index contributed by atoms with van der Waals surface area (Å²) >= 11 is 1.29. The Morgan fingerprint density at radius 2 is 2.11 bits per heavy atom. The van der Waals surface area contributed by atoms with E-state index in [0.717, 1.165) is 12.8 Å². The van der Waals surface area contributed by atoms with Crippen LogP contribution in [0.3, 0.4) is 0 Å². The van der Waals surface area contributed by atoms with Crippen molar-refractivity contribution >= 4 is 27.5 Å². The molecule has 1 N–H and O–H groups in total. The number of aryl methyl sites for hydroxylation is 1. The molecule has 2 aromatic heterocycles. The number of hydrogen-bond donors (Lipinski definition) is 1. The quantitative estimate of drug-likeness (QED) is 0.838. The average Bonchev–Trinajstić information content (AvgIpc) is 3.11. The molecule has 3 rings (SSSR count). The maximum absolute atomic E-state index is 12.0. The highest BCUT2D eigenvalue weighted by molar-refractivity contribution is 7.19. The molecular formula is C12H12N2O4S. The van der Waals surface area contributed by atoms with Crippen molar-refractivity contribution in [2.24, 2.45) is 0 Å². The van der Waals surface area contributed by atoms with E-state index in [1.54, 1.807) is 11.5 Å². The number of nitrogens with one attached hydrogen (secondary N) is 1. The molecule has 1 aliphatic carbocycles. The molecule has 0 radical (unpaired) electrons. The third kappa shape index (κ3) is 1.73. The molecule has 19 heavy (non-hydrogen) atoms. The highest BCUT2D eigenvalue weighted by atomic mass is 32.1. The zero-order valence-electron chi connectivity index (χ0n) is 10.5. The lowest BCUT2D eigenvalue weighted by atomic mass is 10.2. The van der Waals surface area contributed by atoms with E-state index in [1.807, 2.05) is 0 Å². The lowest BCUT2D eigenvalue weighted by Gasteiger charge is -2.04. The molecule has 7 heteroatoms. The van der Waals surface area contributed by atoms with Crippen LogP contribution in [0.5, 0.6) is 0 Å². The summed E-state index contributed by atoms with van der Waals surface area (Å²) in [5.74, 6) is -0.546. The normalized spacial score (nSPS) is 14.8. The predicted molar refractivity (Wildman–Crippen MR) is 71.1 cm³/mol. The molecular weight excluding hydrogens is 268 g/mol. The minimum Gasteiger partial charge on any atom is -0.465 e. The number of aromatic amines is 1. The van der Waals surface area contributed by atoms with Gasteiger partial charge in [-0.25, -0.2) is 9.59 Å². The van der Waals surface area contributed by atoms with Gasteiger partial charge in [0.2, 0.25) is 0 Å². The van der Waals surface area contributed by atoms with Crippen LogP contribution in [0.2, 0.25) is 0 Å². The number of ether oxygens (including phenoxy) is 1. The number of nitrogens with zero attached hydrogens (tertiary/aromatic N) is 1. The van der Waals surface area contributed by atoms with Crippen LogP contribution >= 0.6 is 11.3 Å². The molecule has 100 valence electrons. The Bertz CT molecular complexity index is 794. The Hall–Kier alpha value is -1.89. The SMILES string of the molecule is COC(=O)c1c(C)sc2c1c(=O)[nH]c(=O)n2C1CC1. The summed E-state index contributed by atoms with van der Waals surface area (Å²) in [6.45, 7) is 1.75. The molecule has 1 aliphatic rings. The predicted octanol–water partition coefficient (Wildman–Crippen LogP) is 1.18. The van der Waals surface area contributed by atoms with Crippen LogP contribution in [0.1, 0.15) is 34.1 Å². The second-order valence-corrected chi connectivity index (χ2v) is 5.77. The lowest BCUT2D eigenvalue weighted by Crippen LogP contribution is -2.29. The van der Waals surface area contributed by atoms with Crippen molar-refractivity contribution in [1.82, 2.24) is 9.55 Å².